The molecule has 1 aliphatic rings. The summed E-state index contributed by atoms with van der Waals surface area (Å²) in [6, 6.07) is 7.53. The number of Topliss-reactive ketones (excluding diaryl/α,β-unsaturated/α-hetero) is 1. The highest BCUT2D eigenvalue weighted by Gasteiger charge is 2.28. The van der Waals surface area contributed by atoms with Crippen molar-refractivity contribution in [3.8, 4) is 16.9 Å². The van der Waals surface area contributed by atoms with Gasteiger partial charge in [-0.15, -0.1) is 0 Å². The van der Waals surface area contributed by atoms with Crippen molar-refractivity contribution in [2.75, 3.05) is 11.9 Å². The maximum absolute atomic E-state index is 15.9. The maximum Gasteiger partial charge on any atom is 0.257 e. The van der Waals surface area contributed by atoms with Gasteiger partial charge in [-0.05, 0) is 49.1 Å². The lowest BCUT2D eigenvalue weighted by Gasteiger charge is -2.23. The molecule has 10 heteroatoms. The maximum atomic E-state index is 15.9. The summed E-state index contributed by atoms with van der Waals surface area (Å²) in [5.41, 5.74) is 1.45. The molecule has 9 nitrogen and oxygen atoms in total. The van der Waals surface area contributed by atoms with E-state index < -0.39 is 17.1 Å². The van der Waals surface area contributed by atoms with E-state index in [2.05, 4.69) is 10.4 Å². The third kappa shape index (κ3) is 5.64. The number of anilines is 1. The molecule has 0 saturated carbocycles. The van der Waals surface area contributed by atoms with Gasteiger partial charge in [0.25, 0.3) is 5.91 Å². The molecule has 1 amide bonds. The summed E-state index contributed by atoms with van der Waals surface area (Å²) in [7, 11) is 1.74. The van der Waals surface area contributed by atoms with Gasteiger partial charge in [-0.3, -0.25) is 14.3 Å². The van der Waals surface area contributed by atoms with Gasteiger partial charge in [-0.1, -0.05) is 20.8 Å². The zero-order chi connectivity index (χ0) is 28.6. The first-order valence-electron chi connectivity index (χ1n) is 13.3. The Morgan fingerprint density at radius 3 is 2.70 bits per heavy atom. The lowest BCUT2D eigenvalue weighted by Crippen LogP contribution is -2.22. The molecule has 1 unspecified atom stereocenters. The van der Waals surface area contributed by atoms with Gasteiger partial charge in [-0.25, -0.2) is 4.39 Å². The average Bonchev–Trinajstić information content (AvgIpc) is 3.52. The standard InChI is InChI=1S/C30H33FN4O5/c1-30(2,3)28(37)25-14-22(24-13-20(36)8-9-35(24)25)29(38)33-23-12-18(17-40-26-7-5-6-10-39-26)11-21(27(23)31)19-15-32-34(4)16-19/h8-9,11-16,26,36H,5-7,10,17H2,1-4H3,(H,33,38). The summed E-state index contributed by atoms with van der Waals surface area (Å²) in [4.78, 5) is 26.8. The smallest absolute Gasteiger partial charge is 0.257 e. The molecule has 210 valence electrons. The highest BCUT2D eigenvalue weighted by molar-refractivity contribution is 6.12. The number of benzene rings is 1. The molecule has 0 spiro atoms. The number of hydrogen-bond acceptors (Lipinski definition) is 6. The number of carbonyl (C=O) groups is 2. The molecule has 1 saturated heterocycles. The third-order valence-electron chi connectivity index (χ3n) is 6.88. The van der Waals surface area contributed by atoms with Crippen LogP contribution in [0.25, 0.3) is 16.6 Å². The number of halogens is 1. The summed E-state index contributed by atoms with van der Waals surface area (Å²) >= 11 is 0. The molecule has 2 N–H and O–H groups in total. The van der Waals surface area contributed by atoms with Crippen molar-refractivity contribution in [1.29, 1.82) is 0 Å². The van der Waals surface area contributed by atoms with Gasteiger partial charge >= 0.3 is 0 Å². The Morgan fingerprint density at radius 1 is 1.23 bits per heavy atom. The lowest BCUT2D eigenvalue weighted by atomic mass is 9.89. The normalized spacial score (nSPS) is 15.9. The SMILES string of the molecule is Cn1cc(-c2cc(COC3CCCCO3)cc(NC(=O)c3cc(C(=O)C(C)(C)C)n4ccc(O)cc34)c2F)cn1. The van der Waals surface area contributed by atoms with Crippen LogP contribution in [0.4, 0.5) is 10.1 Å². The summed E-state index contributed by atoms with van der Waals surface area (Å²) in [5.74, 6) is -1.50. The minimum Gasteiger partial charge on any atom is -0.508 e. The van der Waals surface area contributed by atoms with Crippen molar-refractivity contribution in [2.24, 2.45) is 12.5 Å². The Hall–Kier alpha value is -4.02. The van der Waals surface area contributed by atoms with E-state index in [0.29, 0.717) is 28.9 Å². The van der Waals surface area contributed by atoms with E-state index in [9.17, 15) is 14.7 Å². The van der Waals surface area contributed by atoms with Crippen LogP contribution >= 0.6 is 0 Å². The van der Waals surface area contributed by atoms with Crippen molar-refractivity contribution in [2.45, 2.75) is 52.9 Å². The van der Waals surface area contributed by atoms with Crippen molar-refractivity contribution in [3.63, 3.8) is 0 Å². The predicted molar refractivity (Wildman–Crippen MR) is 148 cm³/mol. The first kappa shape index (κ1) is 27.5. The number of ether oxygens (including phenoxy) is 2. The zero-order valence-corrected chi connectivity index (χ0v) is 23.0. The second-order valence-electron chi connectivity index (χ2n) is 11.1. The second-order valence-corrected chi connectivity index (χ2v) is 11.1. The second kappa shape index (κ2) is 10.9. The Balaban J connectivity index is 1.52. The number of carbonyl (C=O) groups excluding carboxylic acids is 2. The van der Waals surface area contributed by atoms with Crippen LogP contribution in [-0.2, 0) is 23.1 Å². The molecule has 0 bridgehead atoms. The van der Waals surface area contributed by atoms with E-state index in [1.807, 2.05) is 0 Å². The van der Waals surface area contributed by atoms with Gasteiger partial charge in [-0.2, -0.15) is 5.10 Å². The summed E-state index contributed by atoms with van der Waals surface area (Å²) in [5, 5.41) is 17.0. The fraction of sp³-hybridized carbons (Fsp3) is 0.367. The van der Waals surface area contributed by atoms with E-state index in [-0.39, 0.29) is 41.2 Å². The number of ketones is 1. The van der Waals surface area contributed by atoms with Crippen LogP contribution in [0.2, 0.25) is 0 Å². The molecule has 1 aromatic carbocycles. The largest absolute Gasteiger partial charge is 0.508 e. The van der Waals surface area contributed by atoms with Crippen molar-refractivity contribution < 1.29 is 28.6 Å². The molecular formula is C30H33FN4O5. The minimum absolute atomic E-state index is 0.0438. The van der Waals surface area contributed by atoms with Crippen LogP contribution in [0.3, 0.4) is 0 Å². The van der Waals surface area contributed by atoms with Crippen molar-refractivity contribution in [1.82, 2.24) is 14.2 Å². The highest BCUT2D eigenvalue weighted by atomic mass is 19.1. The fourth-order valence-corrected chi connectivity index (χ4v) is 4.78. The number of nitrogens with one attached hydrogen (secondary N) is 1. The Labute approximate surface area is 231 Å². The zero-order valence-electron chi connectivity index (χ0n) is 23.0. The number of aryl methyl sites for hydroxylation is 1. The van der Waals surface area contributed by atoms with Crippen LogP contribution in [-0.4, -0.2) is 43.9 Å². The molecule has 4 aromatic rings. The molecule has 1 atom stereocenters. The first-order valence-corrected chi connectivity index (χ1v) is 13.3. The topological polar surface area (TPSA) is 107 Å². The van der Waals surface area contributed by atoms with Crippen molar-refractivity contribution >= 4 is 22.9 Å². The van der Waals surface area contributed by atoms with Gasteiger partial charge in [0.05, 0.1) is 35.3 Å². The quantitative estimate of drug-likeness (QED) is 0.287. The van der Waals surface area contributed by atoms with E-state index in [1.165, 1.54) is 30.5 Å². The Morgan fingerprint density at radius 2 is 2.02 bits per heavy atom. The molecule has 4 heterocycles. The number of aromatic nitrogens is 3. The van der Waals surface area contributed by atoms with Gasteiger partial charge < -0.3 is 24.3 Å². The Kier molecular flexibility index (Phi) is 7.48. The number of amides is 1. The Bertz CT molecular complexity index is 1580. The van der Waals surface area contributed by atoms with E-state index >= 15 is 4.39 Å². The van der Waals surface area contributed by atoms with Crippen LogP contribution in [0, 0.1) is 11.2 Å². The molecule has 1 aliphatic heterocycles. The van der Waals surface area contributed by atoms with E-state index in [0.717, 1.165) is 19.3 Å². The van der Waals surface area contributed by atoms with Crippen LogP contribution in [0.5, 0.6) is 5.75 Å². The number of fused-ring (bicyclic) bond motifs is 1. The lowest BCUT2D eigenvalue weighted by molar-refractivity contribution is -0.168. The molecule has 1 fully saturated rings. The monoisotopic (exact) mass is 548 g/mol. The van der Waals surface area contributed by atoms with Crippen LogP contribution in [0.15, 0.2) is 48.9 Å². The third-order valence-corrected chi connectivity index (χ3v) is 6.88. The average molecular weight is 549 g/mol. The predicted octanol–water partition coefficient (Wildman–Crippen LogP) is 5.71. The van der Waals surface area contributed by atoms with Gasteiger partial charge in [0.1, 0.15) is 5.75 Å². The van der Waals surface area contributed by atoms with E-state index in [4.69, 9.17) is 9.47 Å². The number of hydrogen-bond donors (Lipinski definition) is 2. The highest BCUT2D eigenvalue weighted by Crippen LogP contribution is 2.32. The van der Waals surface area contributed by atoms with Crippen molar-refractivity contribution in [3.05, 3.63) is 71.6 Å². The van der Waals surface area contributed by atoms with Gasteiger partial charge in [0.15, 0.2) is 17.9 Å². The van der Waals surface area contributed by atoms with E-state index in [1.54, 1.807) is 55.4 Å². The first-order chi connectivity index (χ1) is 19.0. The molecule has 5 rings (SSSR count). The summed E-state index contributed by atoms with van der Waals surface area (Å²) in [6.45, 7) is 6.16. The number of aromatic hydroxyl groups is 1. The number of pyridine rings is 1. The van der Waals surface area contributed by atoms with Gasteiger partial charge in [0, 0.05) is 48.7 Å². The molecular weight excluding hydrogens is 515 g/mol. The molecule has 0 aliphatic carbocycles. The molecule has 3 aromatic heterocycles. The number of rotatable bonds is 7. The molecule has 0 radical (unpaired) electrons. The van der Waals surface area contributed by atoms with Crippen LogP contribution in [0.1, 0.15) is 66.4 Å². The molecule has 40 heavy (non-hydrogen) atoms. The number of nitrogens with zero attached hydrogens (tertiary/aromatic N) is 3. The fourth-order valence-electron chi connectivity index (χ4n) is 4.78. The van der Waals surface area contributed by atoms with Crippen LogP contribution < -0.4 is 5.32 Å². The summed E-state index contributed by atoms with van der Waals surface area (Å²) < 4.78 is 30.6. The summed E-state index contributed by atoms with van der Waals surface area (Å²) in [6.07, 6.45) is 7.22. The van der Waals surface area contributed by atoms with Gasteiger partial charge in [0.2, 0.25) is 0 Å². The minimum atomic E-state index is -0.707.